The quantitative estimate of drug-likeness (QED) is 0.363. The molecule has 6 heteroatoms. The van der Waals surface area contributed by atoms with Crippen molar-refractivity contribution in [2.45, 2.75) is 6.42 Å². The third-order valence-electron chi connectivity index (χ3n) is 2.03. The molecule has 0 aromatic carbocycles. The summed E-state index contributed by atoms with van der Waals surface area (Å²) in [6, 6.07) is 1.64. The fourth-order valence-corrected chi connectivity index (χ4v) is 1.21. The molecule has 1 heterocycles. The average molecular weight is 224 g/mol. The predicted molar refractivity (Wildman–Crippen MR) is 60.9 cm³/mol. The summed E-state index contributed by atoms with van der Waals surface area (Å²) in [6.45, 7) is 1.18. The number of hydrogen-bond acceptors (Lipinski definition) is 5. The number of nitrogens with two attached hydrogens (primary N) is 1. The standard InChI is InChI=1S/C10H16N4O2/c1-16-6-2-4-13-10(15)8-7-12-5-3-9(8)14-11/h3,5,7H,2,4,6,11H2,1H3,(H,12,14)(H,13,15). The number of nitrogens with zero attached hydrogens (tertiary/aromatic N) is 1. The number of methoxy groups -OCH3 is 1. The number of aromatic nitrogens is 1. The van der Waals surface area contributed by atoms with Crippen LogP contribution in [-0.2, 0) is 4.74 Å². The van der Waals surface area contributed by atoms with Crippen LogP contribution in [0.15, 0.2) is 18.5 Å². The van der Waals surface area contributed by atoms with Gasteiger partial charge in [-0.25, -0.2) is 0 Å². The Balaban J connectivity index is 2.52. The molecule has 1 aromatic rings. The summed E-state index contributed by atoms with van der Waals surface area (Å²) in [5, 5.41) is 2.75. The van der Waals surface area contributed by atoms with Crippen LogP contribution >= 0.6 is 0 Å². The maximum Gasteiger partial charge on any atom is 0.255 e. The van der Waals surface area contributed by atoms with Gasteiger partial charge in [-0.15, -0.1) is 0 Å². The summed E-state index contributed by atoms with van der Waals surface area (Å²) in [5.41, 5.74) is 3.44. The van der Waals surface area contributed by atoms with E-state index in [1.807, 2.05) is 0 Å². The molecule has 0 bridgehead atoms. The number of rotatable bonds is 6. The fraction of sp³-hybridized carbons (Fsp3) is 0.400. The zero-order valence-corrected chi connectivity index (χ0v) is 9.19. The molecular weight excluding hydrogens is 208 g/mol. The van der Waals surface area contributed by atoms with E-state index < -0.39 is 0 Å². The molecule has 0 saturated heterocycles. The fourth-order valence-electron chi connectivity index (χ4n) is 1.21. The zero-order chi connectivity index (χ0) is 11.8. The van der Waals surface area contributed by atoms with Crippen molar-refractivity contribution >= 4 is 11.6 Å². The minimum Gasteiger partial charge on any atom is -0.385 e. The van der Waals surface area contributed by atoms with E-state index in [1.165, 1.54) is 6.20 Å². The molecule has 0 unspecified atom stereocenters. The summed E-state index contributed by atoms with van der Waals surface area (Å²) < 4.78 is 4.88. The minimum atomic E-state index is -0.197. The molecule has 1 amide bonds. The van der Waals surface area contributed by atoms with Crippen molar-refractivity contribution in [2.24, 2.45) is 5.84 Å². The van der Waals surface area contributed by atoms with Crippen LogP contribution in [-0.4, -0.2) is 31.2 Å². The first-order valence-electron chi connectivity index (χ1n) is 4.97. The Morgan fingerprint density at radius 3 is 3.12 bits per heavy atom. The lowest BCUT2D eigenvalue weighted by molar-refractivity contribution is 0.0949. The molecule has 0 aliphatic carbocycles. The molecule has 6 nitrogen and oxygen atoms in total. The molecule has 0 aliphatic heterocycles. The van der Waals surface area contributed by atoms with Crippen molar-refractivity contribution in [3.05, 3.63) is 24.0 Å². The molecule has 0 saturated carbocycles. The highest BCUT2D eigenvalue weighted by Crippen LogP contribution is 2.11. The number of hydrazine groups is 1. The van der Waals surface area contributed by atoms with E-state index in [1.54, 1.807) is 19.4 Å². The summed E-state index contributed by atoms with van der Waals surface area (Å²) in [5.74, 6) is 5.09. The van der Waals surface area contributed by atoms with Gasteiger partial charge in [-0.1, -0.05) is 0 Å². The Hall–Kier alpha value is -1.66. The smallest absolute Gasteiger partial charge is 0.255 e. The van der Waals surface area contributed by atoms with Gasteiger partial charge >= 0.3 is 0 Å². The van der Waals surface area contributed by atoms with E-state index in [0.29, 0.717) is 24.4 Å². The molecule has 88 valence electrons. The van der Waals surface area contributed by atoms with Gasteiger partial charge in [0, 0.05) is 32.7 Å². The second-order valence-corrected chi connectivity index (χ2v) is 3.17. The van der Waals surface area contributed by atoms with Crippen LogP contribution in [0, 0.1) is 0 Å². The monoisotopic (exact) mass is 224 g/mol. The summed E-state index contributed by atoms with van der Waals surface area (Å²) >= 11 is 0. The van der Waals surface area contributed by atoms with E-state index in [2.05, 4.69) is 15.7 Å². The number of carbonyl (C=O) groups is 1. The molecule has 0 fully saturated rings. The first-order valence-corrected chi connectivity index (χ1v) is 4.97. The minimum absolute atomic E-state index is 0.197. The lowest BCUT2D eigenvalue weighted by atomic mass is 10.2. The van der Waals surface area contributed by atoms with Crippen LogP contribution in [0.2, 0.25) is 0 Å². The number of anilines is 1. The maximum absolute atomic E-state index is 11.7. The SMILES string of the molecule is COCCCNC(=O)c1cnccc1NN. The Labute approximate surface area is 94.2 Å². The summed E-state index contributed by atoms with van der Waals surface area (Å²) in [6.07, 6.45) is 3.81. The van der Waals surface area contributed by atoms with E-state index in [4.69, 9.17) is 10.6 Å². The van der Waals surface area contributed by atoms with Crippen molar-refractivity contribution < 1.29 is 9.53 Å². The zero-order valence-electron chi connectivity index (χ0n) is 9.19. The van der Waals surface area contributed by atoms with E-state index >= 15 is 0 Å². The van der Waals surface area contributed by atoms with Gasteiger partial charge in [-0.2, -0.15) is 0 Å². The number of carbonyl (C=O) groups excluding carboxylic acids is 1. The number of ether oxygens (including phenoxy) is 1. The van der Waals surface area contributed by atoms with Crippen LogP contribution in [0.1, 0.15) is 16.8 Å². The molecule has 1 aromatic heterocycles. The van der Waals surface area contributed by atoms with Gasteiger partial charge in [-0.3, -0.25) is 15.6 Å². The van der Waals surface area contributed by atoms with E-state index in [-0.39, 0.29) is 5.91 Å². The molecule has 0 aliphatic rings. The molecule has 0 spiro atoms. The van der Waals surface area contributed by atoms with Crippen molar-refractivity contribution in [1.82, 2.24) is 10.3 Å². The highest BCUT2D eigenvalue weighted by atomic mass is 16.5. The molecule has 4 N–H and O–H groups in total. The Kier molecular flexibility index (Phi) is 5.24. The van der Waals surface area contributed by atoms with Gasteiger partial charge < -0.3 is 15.5 Å². The lowest BCUT2D eigenvalue weighted by Crippen LogP contribution is -2.26. The maximum atomic E-state index is 11.7. The van der Waals surface area contributed by atoms with Gasteiger partial charge in [0.05, 0.1) is 11.3 Å². The topological polar surface area (TPSA) is 89.3 Å². The highest BCUT2D eigenvalue weighted by Gasteiger charge is 2.09. The van der Waals surface area contributed by atoms with Gasteiger partial charge in [0.25, 0.3) is 5.91 Å². The first kappa shape index (κ1) is 12.4. The molecule has 0 radical (unpaired) electrons. The van der Waals surface area contributed by atoms with Crippen LogP contribution in [0.5, 0.6) is 0 Å². The number of hydrogen-bond donors (Lipinski definition) is 3. The normalized spacial score (nSPS) is 9.88. The average Bonchev–Trinajstić information content (AvgIpc) is 2.34. The Morgan fingerprint density at radius 1 is 1.62 bits per heavy atom. The highest BCUT2D eigenvalue weighted by molar-refractivity contribution is 5.99. The van der Waals surface area contributed by atoms with E-state index in [9.17, 15) is 4.79 Å². The summed E-state index contributed by atoms with van der Waals surface area (Å²) in [7, 11) is 1.62. The van der Waals surface area contributed by atoms with Gasteiger partial charge in [0.1, 0.15) is 0 Å². The third-order valence-corrected chi connectivity index (χ3v) is 2.03. The largest absolute Gasteiger partial charge is 0.385 e. The van der Waals surface area contributed by atoms with Gasteiger partial charge in [0.15, 0.2) is 0 Å². The van der Waals surface area contributed by atoms with Crippen molar-refractivity contribution in [3.8, 4) is 0 Å². The van der Waals surface area contributed by atoms with Crippen LogP contribution < -0.4 is 16.6 Å². The van der Waals surface area contributed by atoms with Crippen molar-refractivity contribution in [3.63, 3.8) is 0 Å². The van der Waals surface area contributed by atoms with Crippen LogP contribution in [0.25, 0.3) is 0 Å². The van der Waals surface area contributed by atoms with Gasteiger partial charge in [-0.05, 0) is 12.5 Å². The first-order chi connectivity index (χ1) is 7.79. The number of nitrogen functional groups attached to an aromatic ring is 1. The number of pyridine rings is 1. The van der Waals surface area contributed by atoms with Crippen molar-refractivity contribution in [1.29, 1.82) is 0 Å². The number of amides is 1. The predicted octanol–water partition coefficient (Wildman–Crippen LogP) is 0.134. The third kappa shape index (κ3) is 3.48. The van der Waals surface area contributed by atoms with E-state index in [0.717, 1.165) is 6.42 Å². The van der Waals surface area contributed by atoms with Crippen molar-refractivity contribution in [2.75, 3.05) is 25.7 Å². The Bertz CT molecular complexity index is 343. The summed E-state index contributed by atoms with van der Waals surface area (Å²) in [4.78, 5) is 15.6. The molecule has 1 rings (SSSR count). The second kappa shape index (κ2) is 6.76. The van der Waals surface area contributed by atoms with Crippen LogP contribution in [0.3, 0.4) is 0 Å². The van der Waals surface area contributed by atoms with Gasteiger partial charge in [0.2, 0.25) is 0 Å². The Morgan fingerprint density at radius 2 is 2.44 bits per heavy atom. The number of nitrogens with one attached hydrogen (secondary N) is 2. The molecular formula is C10H16N4O2. The van der Waals surface area contributed by atoms with Crippen LogP contribution in [0.4, 0.5) is 5.69 Å². The lowest BCUT2D eigenvalue weighted by Gasteiger charge is -2.08. The molecule has 0 atom stereocenters. The second-order valence-electron chi connectivity index (χ2n) is 3.17. The molecule has 16 heavy (non-hydrogen) atoms.